The second-order valence-electron chi connectivity index (χ2n) is 14.3. The Morgan fingerprint density at radius 3 is 2.79 bits per heavy atom. The molecule has 2 aromatic carbocycles. The number of ether oxygens (including phenoxy) is 2. The molecule has 0 spiro atoms. The number of nitrogens with two attached hydrogens (primary N) is 1. The van der Waals surface area contributed by atoms with Gasteiger partial charge in [-0.3, -0.25) is 9.59 Å². The second kappa shape index (κ2) is 13.7. The Balaban J connectivity index is 0.815. The predicted octanol–water partition coefficient (Wildman–Crippen LogP) is 5.50. The van der Waals surface area contributed by atoms with Crippen molar-refractivity contribution < 1.29 is 23.6 Å². The molecule has 5 atom stereocenters. The molecule has 1 aromatic heterocycles. The average Bonchev–Trinajstić information content (AvgIpc) is 3.48. The number of carbonyl (C=O) groups excluding carboxylic acids is 2. The minimum Gasteiger partial charge on any atom is -0.490 e. The van der Waals surface area contributed by atoms with Crippen molar-refractivity contribution in [2.45, 2.75) is 64.4 Å². The van der Waals surface area contributed by atoms with Crippen LogP contribution in [0.1, 0.15) is 63.9 Å². The van der Waals surface area contributed by atoms with Crippen LogP contribution < -0.4 is 15.8 Å². The number of hydrogen-bond acceptors (Lipinski definition) is 8. The molecular weight excluding hydrogens is 610 g/mol. The molecule has 0 bridgehead atoms. The van der Waals surface area contributed by atoms with Crippen LogP contribution in [0.3, 0.4) is 0 Å². The largest absolute Gasteiger partial charge is 0.490 e. The third kappa shape index (κ3) is 6.54. The molecule has 4 fully saturated rings. The van der Waals surface area contributed by atoms with E-state index >= 15 is 0 Å². The third-order valence-corrected chi connectivity index (χ3v) is 11.1. The maximum atomic E-state index is 12.8. The summed E-state index contributed by atoms with van der Waals surface area (Å²) in [5, 5.41) is 14.6. The first-order valence-corrected chi connectivity index (χ1v) is 17.3. The first-order chi connectivity index (χ1) is 23.3. The summed E-state index contributed by atoms with van der Waals surface area (Å²) in [5.74, 6) is 4.94. The number of benzene rings is 2. The van der Waals surface area contributed by atoms with Gasteiger partial charge in [-0.2, -0.15) is 5.53 Å². The summed E-state index contributed by atoms with van der Waals surface area (Å²) in [6.07, 6.45) is 7.63. The van der Waals surface area contributed by atoms with Gasteiger partial charge in [-0.25, -0.2) is 0 Å². The van der Waals surface area contributed by atoms with Crippen LogP contribution in [-0.2, 0) is 14.3 Å². The first kappa shape index (κ1) is 32.2. The smallest absolute Gasteiger partial charge is 0.224 e. The van der Waals surface area contributed by atoms with E-state index in [1.807, 2.05) is 35.2 Å². The molecule has 3 saturated carbocycles. The molecule has 1 saturated heterocycles. The van der Waals surface area contributed by atoms with E-state index in [-0.39, 0.29) is 29.2 Å². The Morgan fingerprint density at radius 1 is 1.12 bits per heavy atom. The van der Waals surface area contributed by atoms with E-state index in [0.717, 1.165) is 47.5 Å². The van der Waals surface area contributed by atoms with Crippen molar-refractivity contribution >= 4 is 28.6 Å². The quantitative estimate of drug-likeness (QED) is 0.0718. The van der Waals surface area contributed by atoms with Crippen molar-refractivity contribution in [1.82, 2.24) is 15.4 Å². The molecule has 7 rings (SSSR count). The van der Waals surface area contributed by atoms with Gasteiger partial charge in [0, 0.05) is 50.0 Å². The van der Waals surface area contributed by atoms with Crippen LogP contribution in [0.4, 0.5) is 0 Å². The van der Waals surface area contributed by atoms with Crippen molar-refractivity contribution in [3.05, 3.63) is 48.0 Å². The Bertz CT molecular complexity index is 1700. The van der Waals surface area contributed by atoms with Crippen LogP contribution in [-0.4, -0.2) is 66.7 Å². The zero-order chi connectivity index (χ0) is 33.3. The molecule has 5 unspecified atom stereocenters. The Hall–Kier alpha value is -4.32. The molecule has 0 radical (unpaired) electrons. The van der Waals surface area contributed by atoms with Crippen LogP contribution in [0.5, 0.6) is 5.75 Å². The van der Waals surface area contributed by atoms with Gasteiger partial charge in [0.05, 0.1) is 25.0 Å². The standard InChI is InChI=1S/C36H45N7O5/c1-22-15-25-16-26-20-36(19-22,33(25)26)21-31(44)39-10-14-46-13-9-32(45)43-11-7-27(8-12-43)47-28-4-2-3-23(17-28)34-29-18-24(35(37)40-42-38)5-6-30(29)41-48-34/h2-6,17-18,22,25-27,33H,7-16,19-21H2,1H3,(H,39,44)(H3,37,38,40). The fourth-order valence-corrected chi connectivity index (χ4v) is 9.21. The average molecular weight is 656 g/mol. The highest BCUT2D eigenvalue weighted by molar-refractivity contribution is 6.02. The maximum Gasteiger partial charge on any atom is 0.224 e. The van der Waals surface area contributed by atoms with Gasteiger partial charge in [-0.05, 0) is 85.1 Å². The van der Waals surface area contributed by atoms with E-state index in [9.17, 15) is 9.59 Å². The number of aromatic nitrogens is 1. The molecule has 254 valence electrons. The number of carbonyl (C=O) groups is 2. The molecule has 1 aliphatic heterocycles. The number of nitrogens with one attached hydrogen (secondary N) is 2. The monoisotopic (exact) mass is 655 g/mol. The second-order valence-corrected chi connectivity index (χ2v) is 14.3. The summed E-state index contributed by atoms with van der Waals surface area (Å²) >= 11 is 0. The topological polar surface area (TPSA) is 168 Å². The molecule has 12 nitrogen and oxygen atoms in total. The van der Waals surface area contributed by atoms with Gasteiger partial charge in [0.25, 0.3) is 0 Å². The lowest BCUT2D eigenvalue weighted by atomic mass is 9.35. The van der Waals surface area contributed by atoms with Crippen LogP contribution in [0.25, 0.3) is 22.2 Å². The highest BCUT2D eigenvalue weighted by Crippen LogP contribution is 2.72. The number of fused-ring (bicyclic) bond motifs is 1. The summed E-state index contributed by atoms with van der Waals surface area (Å²) in [5.41, 5.74) is 15.2. The SMILES string of the molecule is CC1CC2CC3CC(CC(=O)NCCOCCC(=O)N4CCC(Oc5cccc(-c6onc7ccc(/C(N)=N/N=N)cc67)c5)CC4)(C1)C23. The van der Waals surface area contributed by atoms with Crippen LogP contribution in [0.15, 0.2) is 57.3 Å². The fraction of sp³-hybridized carbons (Fsp3) is 0.556. The molecule has 3 aromatic rings. The lowest BCUT2D eigenvalue weighted by Crippen LogP contribution is -2.63. The Kier molecular flexibility index (Phi) is 9.17. The molecule has 12 heteroatoms. The lowest BCUT2D eigenvalue weighted by Gasteiger charge is -2.70. The van der Waals surface area contributed by atoms with Crippen LogP contribution in [0.2, 0.25) is 0 Å². The summed E-state index contributed by atoms with van der Waals surface area (Å²) in [4.78, 5) is 27.4. The summed E-state index contributed by atoms with van der Waals surface area (Å²) in [6, 6.07) is 13.0. The summed E-state index contributed by atoms with van der Waals surface area (Å²) in [7, 11) is 0. The van der Waals surface area contributed by atoms with E-state index in [1.54, 1.807) is 12.1 Å². The Labute approximate surface area is 280 Å². The van der Waals surface area contributed by atoms with Gasteiger partial charge in [-0.15, -0.1) is 5.10 Å². The molecular formula is C36H45N7O5. The number of amides is 2. The highest BCUT2D eigenvalue weighted by Gasteiger charge is 2.65. The zero-order valence-corrected chi connectivity index (χ0v) is 27.5. The summed E-state index contributed by atoms with van der Waals surface area (Å²) < 4.78 is 17.7. The molecule has 4 aliphatic rings. The summed E-state index contributed by atoms with van der Waals surface area (Å²) in [6.45, 7) is 4.86. The number of amidine groups is 1. The van der Waals surface area contributed by atoms with Gasteiger partial charge in [0.2, 0.25) is 11.8 Å². The van der Waals surface area contributed by atoms with Crippen LogP contribution >= 0.6 is 0 Å². The predicted molar refractivity (Wildman–Crippen MR) is 179 cm³/mol. The normalized spacial score (nSPS) is 26.7. The lowest BCUT2D eigenvalue weighted by molar-refractivity contribution is -0.210. The maximum absolute atomic E-state index is 12.8. The van der Waals surface area contributed by atoms with Gasteiger partial charge in [0.1, 0.15) is 17.4 Å². The van der Waals surface area contributed by atoms with Gasteiger partial charge >= 0.3 is 0 Å². The first-order valence-electron chi connectivity index (χ1n) is 17.3. The van der Waals surface area contributed by atoms with Crippen molar-refractivity contribution in [3.63, 3.8) is 0 Å². The van der Waals surface area contributed by atoms with Crippen molar-refractivity contribution in [3.8, 4) is 17.1 Å². The highest BCUT2D eigenvalue weighted by atomic mass is 16.5. The van der Waals surface area contributed by atoms with Crippen molar-refractivity contribution in [1.29, 1.82) is 5.53 Å². The van der Waals surface area contributed by atoms with E-state index in [1.165, 1.54) is 25.7 Å². The minimum atomic E-state index is -0.00997. The number of nitrogens with zero attached hydrogens (tertiary/aromatic N) is 4. The zero-order valence-electron chi connectivity index (χ0n) is 27.5. The number of piperidine rings is 1. The number of hydrogen-bond donors (Lipinski definition) is 3. The van der Waals surface area contributed by atoms with E-state index in [0.29, 0.717) is 68.3 Å². The number of likely N-dealkylation sites (tertiary alicyclic amines) is 1. The minimum absolute atomic E-state index is 0.00997. The fourth-order valence-electron chi connectivity index (χ4n) is 9.21. The van der Waals surface area contributed by atoms with E-state index in [2.05, 4.69) is 27.7 Å². The molecule has 4 N–H and O–H groups in total. The van der Waals surface area contributed by atoms with Gasteiger partial charge < -0.3 is 29.9 Å². The molecule has 3 aliphatic carbocycles. The van der Waals surface area contributed by atoms with Gasteiger partial charge in [0.15, 0.2) is 11.6 Å². The molecule has 2 heterocycles. The van der Waals surface area contributed by atoms with Crippen LogP contribution in [0, 0.1) is 34.6 Å². The van der Waals surface area contributed by atoms with Gasteiger partial charge in [-0.1, -0.05) is 29.4 Å². The van der Waals surface area contributed by atoms with Crippen molar-refractivity contribution in [2.75, 3.05) is 32.8 Å². The molecule has 48 heavy (non-hydrogen) atoms. The third-order valence-electron chi connectivity index (χ3n) is 11.1. The number of rotatable bonds is 13. The van der Waals surface area contributed by atoms with E-state index in [4.69, 9.17) is 25.3 Å². The van der Waals surface area contributed by atoms with E-state index < -0.39 is 0 Å². The Morgan fingerprint density at radius 2 is 1.98 bits per heavy atom. The molecule has 2 amide bonds. The van der Waals surface area contributed by atoms with Crippen molar-refractivity contribution in [2.24, 2.45) is 45.1 Å².